The number of hydrogen-bond donors (Lipinski definition) is 0. The van der Waals surface area contributed by atoms with Crippen LogP contribution >= 0.6 is 0 Å². The maximum atomic E-state index is 11.0. The number of nitrogens with zero attached hydrogens (tertiary/aromatic N) is 3. The minimum absolute atomic E-state index is 0.0185. The molecule has 0 atom stereocenters. The number of nitro benzene ring substituents is 1. The fourth-order valence-electron chi connectivity index (χ4n) is 1.78. The van der Waals surface area contributed by atoms with Crippen LogP contribution in [-0.4, -0.2) is 21.1 Å². The average Bonchev–Trinajstić information content (AvgIpc) is 2.82. The second kappa shape index (κ2) is 5.51. The Balaban J connectivity index is 2.43. The zero-order valence-corrected chi connectivity index (χ0v) is 10.9. The zero-order valence-electron chi connectivity index (χ0n) is 10.9. The van der Waals surface area contributed by atoms with E-state index >= 15 is 0 Å². The van der Waals surface area contributed by atoms with Gasteiger partial charge in [-0.25, -0.2) is 4.98 Å². The lowest BCUT2D eigenvalue weighted by atomic mass is 10.2. The van der Waals surface area contributed by atoms with E-state index in [1.165, 1.54) is 6.07 Å². The Morgan fingerprint density at radius 2 is 2.26 bits per heavy atom. The van der Waals surface area contributed by atoms with E-state index in [9.17, 15) is 10.1 Å². The van der Waals surface area contributed by atoms with Gasteiger partial charge in [-0.05, 0) is 19.4 Å². The summed E-state index contributed by atoms with van der Waals surface area (Å²) in [7, 11) is 0. The minimum atomic E-state index is -0.435. The molecule has 100 valence electrons. The lowest BCUT2D eigenvalue weighted by Crippen LogP contribution is -2.02. The molecule has 1 aromatic carbocycles. The van der Waals surface area contributed by atoms with Crippen LogP contribution in [-0.2, 0) is 0 Å². The number of rotatable bonds is 5. The Morgan fingerprint density at radius 1 is 1.47 bits per heavy atom. The molecular formula is C13H15N3O3. The number of aryl methyl sites for hydroxylation is 1. The molecule has 0 radical (unpaired) electrons. The minimum Gasteiger partial charge on any atom is -0.487 e. The molecule has 0 unspecified atom stereocenters. The van der Waals surface area contributed by atoms with E-state index in [-0.39, 0.29) is 11.4 Å². The van der Waals surface area contributed by atoms with Crippen LogP contribution in [0.4, 0.5) is 5.69 Å². The first-order valence-corrected chi connectivity index (χ1v) is 6.05. The van der Waals surface area contributed by atoms with E-state index in [1.807, 2.05) is 18.4 Å². The molecule has 0 aliphatic heterocycles. The Labute approximate surface area is 110 Å². The van der Waals surface area contributed by atoms with E-state index < -0.39 is 4.92 Å². The molecule has 6 nitrogen and oxygen atoms in total. The summed E-state index contributed by atoms with van der Waals surface area (Å²) >= 11 is 0. The van der Waals surface area contributed by atoms with Gasteiger partial charge >= 0.3 is 5.69 Å². The summed E-state index contributed by atoms with van der Waals surface area (Å²) in [6.07, 6.45) is 4.29. The standard InChI is InChI=1S/C13H15N3O3/c1-3-8-19-13-9-11(4-5-12(13)16(17)18)15-7-6-14-10(15)2/h4-7,9H,3,8H2,1-2H3. The molecule has 0 spiro atoms. The molecule has 19 heavy (non-hydrogen) atoms. The van der Waals surface area contributed by atoms with Gasteiger partial charge in [0.25, 0.3) is 0 Å². The summed E-state index contributed by atoms with van der Waals surface area (Å²) in [6, 6.07) is 4.81. The monoisotopic (exact) mass is 261 g/mol. The van der Waals surface area contributed by atoms with Crippen molar-refractivity contribution in [1.29, 1.82) is 0 Å². The smallest absolute Gasteiger partial charge is 0.311 e. The van der Waals surface area contributed by atoms with Crippen molar-refractivity contribution in [3.8, 4) is 11.4 Å². The van der Waals surface area contributed by atoms with Gasteiger partial charge in [-0.3, -0.25) is 10.1 Å². The van der Waals surface area contributed by atoms with Crippen molar-refractivity contribution in [2.45, 2.75) is 20.3 Å². The van der Waals surface area contributed by atoms with Gasteiger partial charge < -0.3 is 9.30 Å². The predicted octanol–water partition coefficient (Wildman–Crippen LogP) is 2.88. The molecule has 0 fully saturated rings. The lowest BCUT2D eigenvalue weighted by Gasteiger charge is -2.09. The van der Waals surface area contributed by atoms with Crippen molar-refractivity contribution in [1.82, 2.24) is 9.55 Å². The van der Waals surface area contributed by atoms with Crippen LogP contribution in [0.3, 0.4) is 0 Å². The molecule has 2 rings (SSSR count). The fourth-order valence-corrected chi connectivity index (χ4v) is 1.78. The Bertz CT molecular complexity index is 593. The number of hydrogen-bond acceptors (Lipinski definition) is 4. The molecule has 1 aromatic heterocycles. The molecule has 0 N–H and O–H groups in total. The first kappa shape index (κ1) is 13.1. The quantitative estimate of drug-likeness (QED) is 0.613. The van der Waals surface area contributed by atoms with Crippen molar-refractivity contribution in [2.24, 2.45) is 0 Å². The first-order valence-electron chi connectivity index (χ1n) is 6.05. The van der Waals surface area contributed by atoms with Gasteiger partial charge in [0.05, 0.1) is 17.2 Å². The van der Waals surface area contributed by atoms with Crippen LogP contribution in [0.1, 0.15) is 19.2 Å². The predicted molar refractivity (Wildman–Crippen MR) is 70.7 cm³/mol. The summed E-state index contributed by atoms with van der Waals surface area (Å²) in [5.74, 6) is 1.10. The number of imidazole rings is 1. The average molecular weight is 261 g/mol. The zero-order chi connectivity index (χ0) is 13.8. The number of aromatic nitrogens is 2. The third-order valence-corrected chi connectivity index (χ3v) is 2.71. The van der Waals surface area contributed by atoms with Crippen LogP contribution in [0.15, 0.2) is 30.6 Å². The van der Waals surface area contributed by atoms with Crippen molar-refractivity contribution < 1.29 is 9.66 Å². The van der Waals surface area contributed by atoms with Gasteiger partial charge in [0.15, 0.2) is 5.75 Å². The highest BCUT2D eigenvalue weighted by molar-refractivity contribution is 5.53. The van der Waals surface area contributed by atoms with Crippen molar-refractivity contribution in [3.05, 3.63) is 46.5 Å². The van der Waals surface area contributed by atoms with Crippen LogP contribution < -0.4 is 4.74 Å². The van der Waals surface area contributed by atoms with Crippen LogP contribution in [0, 0.1) is 17.0 Å². The third-order valence-electron chi connectivity index (χ3n) is 2.71. The summed E-state index contributed by atoms with van der Waals surface area (Å²) in [5, 5.41) is 11.0. The topological polar surface area (TPSA) is 70.2 Å². The molecule has 0 amide bonds. The molecule has 1 heterocycles. The molecular weight excluding hydrogens is 246 g/mol. The summed E-state index contributed by atoms with van der Waals surface area (Å²) in [5.41, 5.74) is 0.779. The van der Waals surface area contributed by atoms with Gasteiger partial charge in [0, 0.05) is 24.5 Å². The largest absolute Gasteiger partial charge is 0.487 e. The second-order valence-electron chi connectivity index (χ2n) is 4.10. The molecule has 0 bridgehead atoms. The van der Waals surface area contributed by atoms with Crippen LogP contribution in [0.25, 0.3) is 5.69 Å². The second-order valence-corrected chi connectivity index (χ2v) is 4.10. The molecule has 0 saturated heterocycles. The lowest BCUT2D eigenvalue weighted by molar-refractivity contribution is -0.385. The van der Waals surface area contributed by atoms with Gasteiger partial charge in [0.2, 0.25) is 0 Å². The van der Waals surface area contributed by atoms with E-state index in [0.717, 1.165) is 17.9 Å². The van der Waals surface area contributed by atoms with E-state index in [2.05, 4.69) is 4.98 Å². The normalized spacial score (nSPS) is 10.4. The summed E-state index contributed by atoms with van der Waals surface area (Å²) < 4.78 is 7.30. The van der Waals surface area contributed by atoms with Crippen LogP contribution in [0.2, 0.25) is 0 Å². The highest BCUT2D eigenvalue weighted by atomic mass is 16.6. The summed E-state index contributed by atoms with van der Waals surface area (Å²) in [6.45, 7) is 4.27. The van der Waals surface area contributed by atoms with Crippen molar-refractivity contribution in [2.75, 3.05) is 6.61 Å². The summed E-state index contributed by atoms with van der Waals surface area (Å²) in [4.78, 5) is 14.7. The SMILES string of the molecule is CCCOc1cc(-n2ccnc2C)ccc1[N+](=O)[O-]. The molecule has 2 aromatic rings. The van der Waals surface area contributed by atoms with Gasteiger partial charge in [-0.2, -0.15) is 0 Å². The number of ether oxygens (including phenoxy) is 1. The maximum Gasteiger partial charge on any atom is 0.311 e. The highest BCUT2D eigenvalue weighted by Crippen LogP contribution is 2.29. The Hall–Kier alpha value is -2.37. The highest BCUT2D eigenvalue weighted by Gasteiger charge is 2.16. The van der Waals surface area contributed by atoms with E-state index in [4.69, 9.17) is 4.74 Å². The number of nitro groups is 1. The molecule has 6 heteroatoms. The molecule has 0 aliphatic carbocycles. The first-order chi connectivity index (χ1) is 9.13. The molecule has 0 aliphatic rings. The van der Waals surface area contributed by atoms with E-state index in [0.29, 0.717) is 6.61 Å². The molecule has 0 saturated carbocycles. The number of benzene rings is 1. The maximum absolute atomic E-state index is 11.0. The van der Waals surface area contributed by atoms with Gasteiger partial charge in [0.1, 0.15) is 5.82 Å². The van der Waals surface area contributed by atoms with Crippen LogP contribution in [0.5, 0.6) is 5.75 Å². The van der Waals surface area contributed by atoms with Crippen molar-refractivity contribution in [3.63, 3.8) is 0 Å². The Kier molecular flexibility index (Phi) is 3.79. The Morgan fingerprint density at radius 3 is 2.84 bits per heavy atom. The van der Waals surface area contributed by atoms with Gasteiger partial charge in [-0.1, -0.05) is 6.92 Å². The van der Waals surface area contributed by atoms with Gasteiger partial charge in [-0.15, -0.1) is 0 Å². The van der Waals surface area contributed by atoms with Crippen molar-refractivity contribution >= 4 is 5.69 Å². The fraction of sp³-hybridized carbons (Fsp3) is 0.308. The third kappa shape index (κ3) is 2.73. The van der Waals surface area contributed by atoms with E-state index in [1.54, 1.807) is 24.5 Å².